The first-order valence-corrected chi connectivity index (χ1v) is 4.91. The topological polar surface area (TPSA) is 3.24 Å². The Kier molecular flexibility index (Phi) is 7.76. The molecule has 1 aromatic carbocycles. The van der Waals surface area contributed by atoms with Gasteiger partial charge >= 0.3 is 0 Å². The molecular weight excluding hydrogens is 182 g/mol. The Labute approximate surface area is 86.3 Å². The van der Waals surface area contributed by atoms with Crippen LogP contribution < -0.4 is 0 Å². The zero-order valence-electron chi connectivity index (χ0n) is 8.63. The first-order valence-electron chi connectivity index (χ1n) is 4.37. The number of alkyl halides is 1. The Balaban J connectivity index is 0.000000310. The lowest BCUT2D eigenvalue weighted by atomic mass is 10.2. The van der Waals surface area contributed by atoms with Crippen LogP contribution in [0.3, 0.4) is 0 Å². The molecule has 0 aromatic heterocycles. The molecule has 0 aliphatic heterocycles. The van der Waals surface area contributed by atoms with Crippen LogP contribution in [0.4, 0.5) is 0 Å². The molecule has 0 spiro atoms. The third-order valence-electron chi connectivity index (χ3n) is 1.23. The predicted molar refractivity (Wildman–Crippen MR) is 60.5 cm³/mol. The fraction of sp³-hybridized carbons (Fsp3) is 0.455. The summed E-state index contributed by atoms with van der Waals surface area (Å²) in [7, 11) is 6.00. The lowest BCUT2D eigenvalue weighted by molar-refractivity contribution is 0.505. The number of benzene rings is 1. The molecule has 1 nitrogen and oxygen atoms in total. The molecule has 1 aromatic rings. The standard InChI is InChI=1S/C8H9Cl.C3H9N/c9-7-6-8-4-2-1-3-5-8;1-4(2)3/h1-5H,6-7H2;1-3H3. The molecule has 0 fully saturated rings. The molecule has 0 saturated heterocycles. The first kappa shape index (κ1) is 12.5. The fourth-order valence-corrected chi connectivity index (χ4v) is 0.972. The molecule has 0 bridgehead atoms. The van der Waals surface area contributed by atoms with Gasteiger partial charge in [0.1, 0.15) is 0 Å². The Morgan fingerprint density at radius 3 is 1.92 bits per heavy atom. The van der Waals surface area contributed by atoms with Gasteiger partial charge in [-0.05, 0) is 33.1 Å². The second-order valence-corrected chi connectivity index (χ2v) is 3.64. The minimum Gasteiger partial charge on any atom is -0.312 e. The van der Waals surface area contributed by atoms with Crippen LogP contribution in [0.25, 0.3) is 0 Å². The molecule has 74 valence electrons. The van der Waals surface area contributed by atoms with E-state index in [0.29, 0.717) is 5.88 Å². The van der Waals surface area contributed by atoms with Crippen LogP contribution in [0, 0.1) is 0 Å². The van der Waals surface area contributed by atoms with Crippen molar-refractivity contribution in [3.05, 3.63) is 35.9 Å². The van der Waals surface area contributed by atoms with Gasteiger partial charge in [0.2, 0.25) is 0 Å². The summed E-state index contributed by atoms with van der Waals surface area (Å²) in [5, 5.41) is 0. The van der Waals surface area contributed by atoms with Gasteiger partial charge in [0.25, 0.3) is 0 Å². The van der Waals surface area contributed by atoms with Crippen molar-refractivity contribution in [2.75, 3.05) is 27.0 Å². The van der Waals surface area contributed by atoms with Gasteiger partial charge in [-0.15, -0.1) is 11.6 Å². The first-order chi connectivity index (χ1) is 6.16. The van der Waals surface area contributed by atoms with E-state index in [1.165, 1.54) is 5.56 Å². The molecule has 13 heavy (non-hydrogen) atoms. The highest BCUT2D eigenvalue weighted by atomic mass is 35.5. The van der Waals surface area contributed by atoms with Crippen molar-refractivity contribution >= 4 is 11.6 Å². The molecular formula is C11H18ClN. The van der Waals surface area contributed by atoms with Gasteiger partial charge in [-0.3, -0.25) is 0 Å². The van der Waals surface area contributed by atoms with E-state index in [1.807, 2.05) is 44.2 Å². The van der Waals surface area contributed by atoms with Gasteiger partial charge in [-0.2, -0.15) is 0 Å². The highest BCUT2D eigenvalue weighted by Gasteiger charge is 1.85. The minimum atomic E-state index is 0.712. The number of hydrogen-bond acceptors (Lipinski definition) is 1. The zero-order valence-corrected chi connectivity index (χ0v) is 9.38. The average molecular weight is 200 g/mol. The Hall–Kier alpha value is -0.530. The number of rotatable bonds is 2. The van der Waals surface area contributed by atoms with Crippen molar-refractivity contribution in [1.82, 2.24) is 4.90 Å². The summed E-state index contributed by atoms with van der Waals surface area (Å²) in [5.74, 6) is 0.712. The molecule has 0 aliphatic rings. The van der Waals surface area contributed by atoms with Crippen molar-refractivity contribution in [2.45, 2.75) is 6.42 Å². The molecule has 0 amide bonds. The molecule has 0 heterocycles. The quantitative estimate of drug-likeness (QED) is 0.662. The van der Waals surface area contributed by atoms with E-state index >= 15 is 0 Å². The highest BCUT2D eigenvalue weighted by molar-refractivity contribution is 6.17. The number of halogens is 1. The van der Waals surface area contributed by atoms with Gasteiger partial charge in [0, 0.05) is 5.88 Å². The SMILES string of the molecule is CN(C)C.ClCCc1ccccc1. The van der Waals surface area contributed by atoms with Crippen LogP contribution in [0.15, 0.2) is 30.3 Å². The largest absolute Gasteiger partial charge is 0.312 e. The molecule has 0 saturated carbocycles. The number of hydrogen-bond donors (Lipinski definition) is 0. The fourth-order valence-electron chi connectivity index (χ4n) is 0.754. The van der Waals surface area contributed by atoms with Crippen LogP contribution in [0.2, 0.25) is 0 Å². The third-order valence-corrected chi connectivity index (χ3v) is 1.41. The van der Waals surface area contributed by atoms with Crippen molar-refractivity contribution in [2.24, 2.45) is 0 Å². The van der Waals surface area contributed by atoms with Gasteiger partial charge < -0.3 is 4.90 Å². The van der Waals surface area contributed by atoms with E-state index in [-0.39, 0.29) is 0 Å². The Bertz CT molecular complexity index is 194. The van der Waals surface area contributed by atoms with E-state index < -0.39 is 0 Å². The van der Waals surface area contributed by atoms with Crippen LogP contribution in [0.5, 0.6) is 0 Å². The summed E-state index contributed by atoms with van der Waals surface area (Å²) < 4.78 is 0. The van der Waals surface area contributed by atoms with Crippen molar-refractivity contribution < 1.29 is 0 Å². The maximum absolute atomic E-state index is 5.54. The highest BCUT2D eigenvalue weighted by Crippen LogP contribution is 1.99. The monoisotopic (exact) mass is 199 g/mol. The van der Waals surface area contributed by atoms with E-state index in [0.717, 1.165) is 6.42 Å². The van der Waals surface area contributed by atoms with Crippen molar-refractivity contribution in [1.29, 1.82) is 0 Å². The summed E-state index contributed by atoms with van der Waals surface area (Å²) in [6.45, 7) is 0. The lowest BCUT2D eigenvalue weighted by Gasteiger charge is -1.92. The van der Waals surface area contributed by atoms with Gasteiger partial charge in [-0.25, -0.2) is 0 Å². The maximum atomic E-state index is 5.54. The summed E-state index contributed by atoms with van der Waals surface area (Å²) >= 11 is 5.54. The number of aryl methyl sites for hydroxylation is 1. The van der Waals surface area contributed by atoms with Crippen LogP contribution in [-0.2, 0) is 6.42 Å². The molecule has 0 aliphatic carbocycles. The van der Waals surface area contributed by atoms with E-state index in [9.17, 15) is 0 Å². The molecule has 1 rings (SSSR count). The van der Waals surface area contributed by atoms with Gasteiger partial charge in [0.15, 0.2) is 0 Å². The van der Waals surface area contributed by atoms with Crippen molar-refractivity contribution in [3.63, 3.8) is 0 Å². The zero-order chi connectivity index (χ0) is 10.1. The van der Waals surface area contributed by atoms with Crippen LogP contribution >= 0.6 is 11.6 Å². The maximum Gasteiger partial charge on any atom is 0.0263 e. The summed E-state index contributed by atoms with van der Waals surface area (Å²) in [6.07, 6.45) is 0.975. The van der Waals surface area contributed by atoms with Crippen LogP contribution in [0.1, 0.15) is 5.56 Å². The molecule has 0 N–H and O–H groups in total. The lowest BCUT2D eigenvalue weighted by Crippen LogP contribution is -1.99. The summed E-state index contributed by atoms with van der Waals surface area (Å²) in [5.41, 5.74) is 1.31. The Morgan fingerprint density at radius 2 is 1.54 bits per heavy atom. The van der Waals surface area contributed by atoms with E-state index in [2.05, 4.69) is 12.1 Å². The second kappa shape index (κ2) is 8.09. The van der Waals surface area contributed by atoms with E-state index in [1.54, 1.807) is 0 Å². The average Bonchev–Trinajstić information content (AvgIpc) is 2.06. The molecule has 2 heteroatoms. The van der Waals surface area contributed by atoms with Gasteiger partial charge in [0.05, 0.1) is 0 Å². The summed E-state index contributed by atoms with van der Waals surface area (Å²) in [4.78, 5) is 2.00. The Morgan fingerprint density at radius 1 is 1.08 bits per heavy atom. The number of nitrogens with zero attached hydrogens (tertiary/aromatic N) is 1. The van der Waals surface area contributed by atoms with Gasteiger partial charge in [-0.1, -0.05) is 30.3 Å². The van der Waals surface area contributed by atoms with E-state index in [4.69, 9.17) is 11.6 Å². The van der Waals surface area contributed by atoms with Crippen molar-refractivity contribution in [3.8, 4) is 0 Å². The predicted octanol–water partition coefficient (Wildman–Crippen LogP) is 2.65. The normalized spacial score (nSPS) is 9.31. The third kappa shape index (κ3) is 9.38. The van der Waals surface area contributed by atoms with Crippen LogP contribution in [-0.4, -0.2) is 31.9 Å². The summed E-state index contributed by atoms with van der Waals surface area (Å²) in [6, 6.07) is 10.2. The molecule has 0 atom stereocenters. The second-order valence-electron chi connectivity index (χ2n) is 3.27. The minimum absolute atomic E-state index is 0.712. The molecule has 0 radical (unpaired) electrons. The molecule has 0 unspecified atom stereocenters. The smallest absolute Gasteiger partial charge is 0.0263 e.